The first-order valence-corrected chi connectivity index (χ1v) is 10.7. The van der Waals surface area contributed by atoms with Crippen LogP contribution in [0.5, 0.6) is 5.75 Å². The lowest BCUT2D eigenvalue weighted by molar-refractivity contribution is -0.123. The van der Waals surface area contributed by atoms with Crippen LogP contribution in [0.2, 0.25) is 0 Å². The molecule has 3 aromatic carbocycles. The minimum atomic E-state index is -0.297. The molecule has 0 heterocycles. The van der Waals surface area contributed by atoms with Crippen molar-refractivity contribution in [1.29, 1.82) is 0 Å². The van der Waals surface area contributed by atoms with Crippen molar-refractivity contribution in [2.24, 2.45) is 10.5 Å². The van der Waals surface area contributed by atoms with Crippen LogP contribution in [0.25, 0.3) is 10.8 Å². The van der Waals surface area contributed by atoms with Crippen molar-refractivity contribution in [1.82, 2.24) is 5.43 Å². The summed E-state index contributed by atoms with van der Waals surface area (Å²) >= 11 is 0. The molecule has 0 aliphatic carbocycles. The van der Waals surface area contributed by atoms with Crippen LogP contribution in [0, 0.1) is 5.41 Å². The quantitative estimate of drug-likeness (QED) is 0.375. The minimum Gasteiger partial charge on any atom is -0.484 e. The van der Waals surface area contributed by atoms with Crippen LogP contribution in [0.15, 0.2) is 71.8 Å². The second kappa shape index (κ2) is 9.34. The summed E-state index contributed by atoms with van der Waals surface area (Å²) in [4.78, 5) is 12.1. The number of rotatable bonds is 7. The van der Waals surface area contributed by atoms with Gasteiger partial charge in [-0.1, -0.05) is 83.1 Å². The average molecular weight is 417 g/mol. The Bertz CT molecular complexity index is 1060. The van der Waals surface area contributed by atoms with E-state index in [9.17, 15) is 4.79 Å². The number of hydrogen-bond acceptors (Lipinski definition) is 3. The molecule has 1 N–H and O–H groups in total. The largest absolute Gasteiger partial charge is 0.484 e. The number of hydrazone groups is 1. The molecule has 0 saturated carbocycles. The predicted molar refractivity (Wildman–Crippen MR) is 129 cm³/mol. The van der Waals surface area contributed by atoms with Gasteiger partial charge in [0.2, 0.25) is 0 Å². The van der Waals surface area contributed by atoms with E-state index in [1.165, 1.54) is 10.9 Å². The summed E-state index contributed by atoms with van der Waals surface area (Å²) in [5.74, 6) is 0.373. The van der Waals surface area contributed by atoms with Crippen molar-refractivity contribution in [3.63, 3.8) is 0 Å². The molecule has 0 atom stereocenters. The summed E-state index contributed by atoms with van der Waals surface area (Å²) in [6.07, 6.45) is 2.72. The van der Waals surface area contributed by atoms with Gasteiger partial charge in [0.1, 0.15) is 5.75 Å². The average Bonchev–Trinajstić information content (AvgIpc) is 2.71. The number of hydrogen-bond donors (Lipinski definition) is 1. The first kappa shape index (κ1) is 22.5. The molecule has 1 amide bonds. The van der Waals surface area contributed by atoms with E-state index < -0.39 is 0 Å². The Balaban J connectivity index is 1.50. The number of carbonyl (C=O) groups excluding carboxylic acids is 1. The lowest BCUT2D eigenvalue weighted by Gasteiger charge is -2.33. The predicted octanol–water partition coefficient (Wildman–Crippen LogP) is 6.08. The molecule has 0 bridgehead atoms. The Morgan fingerprint density at radius 2 is 1.61 bits per heavy atom. The monoisotopic (exact) mass is 416 g/mol. The molecule has 0 saturated heterocycles. The molecular formula is C27H32N2O2. The van der Waals surface area contributed by atoms with Crippen molar-refractivity contribution in [3.8, 4) is 5.75 Å². The lowest BCUT2D eigenvalue weighted by atomic mass is 9.72. The van der Waals surface area contributed by atoms with Gasteiger partial charge in [0, 0.05) is 0 Å². The van der Waals surface area contributed by atoms with Crippen molar-refractivity contribution in [2.75, 3.05) is 6.61 Å². The van der Waals surface area contributed by atoms with Crippen LogP contribution in [0.1, 0.15) is 52.2 Å². The molecule has 0 aliphatic heterocycles. The van der Waals surface area contributed by atoms with Crippen molar-refractivity contribution in [3.05, 3.63) is 77.9 Å². The van der Waals surface area contributed by atoms with Gasteiger partial charge in [-0.05, 0) is 57.3 Å². The molecule has 4 nitrogen and oxygen atoms in total. The van der Waals surface area contributed by atoms with Gasteiger partial charge in [-0.2, -0.15) is 5.10 Å². The number of amides is 1. The third-order valence-corrected chi connectivity index (χ3v) is 5.15. The smallest absolute Gasteiger partial charge is 0.277 e. The molecule has 3 rings (SSSR count). The molecule has 0 unspecified atom stereocenters. The number of benzene rings is 3. The molecule has 0 aliphatic rings. The number of ether oxygens (including phenoxy) is 1. The standard InChI is InChI=1S/C27H32N2O2/c1-26(2,3)19-27(4,5)23-12-14-24(15-13-23)31-18-25(30)29-28-17-20-10-11-21-8-6-7-9-22(21)16-20/h6-17H,18-19H2,1-5H3,(H,29,30). The van der Waals surface area contributed by atoms with Crippen molar-refractivity contribution in [2.45, 2.75) is 46.5 Å². The summed E-state index contributed by atoms with van der Waals surface area (Å²) in [7, 11) is 0. The van der Waals surface area contributed by atoms with Gasteiger partial charge < -0.3 is 4.74 Å². The van der Waals surface area contributed by atoms with Gasteiger partial charge in [-0.25, -0.2) is 5.43 Å². The van der Waals surface area contributed by atoms with Crippen LogP contribution in [-0.4, -0.2) is 18.7 Å². The Labute approximate surface area is 185 Å². The number of nitrogens with one attached hydrogen (secondary N) is 1. The van der Waals surface area contributed by atoms with Gasteiger partial charge in [0.15, 0.2) is 6.61 Å². The van der Waals surface area contributed by atoms with E-state index in [2.05, 4.69) is 69.4 Å². The van der Waals surface area contributed by atoms with Crippen molar-refractivity contribution < 1.29 is 9.53 Å². The third kappa shape index (κ3) is 6.68. The molecule has 3 aromatic rings. The molecule has 0 fully saturated rings. The van der Waals surface area contributed by atoms with Gasteiger partial charge in [0.25, 0.3) is 5.91 Å². The van der Waals surface area contributed by atoms with Crippen LogP contribution in [-0.2, 0) is 10.2 Å². The Morgan fingerprint density at radius 3 is 2.29 bits per heavy atom. The third-order valence-electron chi connectivity index (χ3n) is 5.15. The minimum absolute atomic E-state index is 0.0750. The van der Waals surface area contributed by atoms with Gasteiger partial charge in [-0.3, -0.25) is 4.79 Å². The first-order chi connectivity index (χ1) is 14.6. The maximum absolute atomic E-state index is 12.1. The van der Waals surface area contributed by atoms with Crippen LogP contribution in [0.4, 0.5) is 0 Å². The fraction of sp³-hybridized carbons (Fsp3) is 0.333. The second-order valence-corrected chi connectivity index (χ2v) is 9.83. The topological polar surface area (TPSA) is 50.7 Å². The summed E-state index contributed by atoms with van der Waals surface area (Å²) < 4.78 is 5.61. The maximum Gasteiger partial charge on any atom is 0.277 e. The van der Waals surface area contributed by atoms with Crippen molar-refractivity contribution >= 4 is 22.9 Å². The highest BCUT2D eigenvalue weighted by Gasteiger charge is 2.27. The lowest BCUT2D eigenvalue weighted by Crippen LogP contribution is -2.25. The highest BCUT2D eigenvalue weighted by Crippen LogP contribution is 2.36. The van der Waals surface area contributed by atoms with E-state index >= 15 is 0 Å². The normalized spacial score (nSPS) is 12.3. The summed E-state index contributed by atoms with van der Waals surface area (Å²) in [6.45, 7) is 11.2. The fourth-order valence-corrected chi connectivity index (χ4v) is 4.08. The van der Waals surface area contributed by atoms with Crippen LogP contribution >= 0.6 is 0 Å². The van der Waals surface area contributed by atoms with E-state index in [0.29, 0.717) is 5.75 Å². The summed E-state index contributed by atoms with van der Waals surface area (Å²) in [6, 6.07) is 22.2. The molecule has 162 valence electrons. The van der Waals surface area contributed by atoms with Gasteiger partial charge in [0.05, 0.1) is 6.21 Å². The van der Waals surface area contributed by atoms with Gasteiger partial charge in [-0.15, -0.1) is 0 Å². The number of nitrogens with zero attached hydrogens (tertiary/aromatic N) is 1. The molecule has 0 radical (unpaired) electrons. The zero-order chi connectivity index (χ0) is 22.5. The second-order valence-electron chi connectivity index (χ2n) is 9.83. The van der Waals surface area contributed by atoms with Crippen LogP contribution < -0.4 is 10.2 Å². The maximum atomic E-state index is 12.1. The number of carbonyl (C=O) groups is 1. The van der Waals surface area contributed by atoms with Gasteiger partial charge >= 0.3 is 0 Å². The fourth-order valence-electron chi connectivity index (χ4n) is 4.08. The number of fused-ring (bicyclic) bond motifs is 1. The molecule has 31 heavy (non-hydrogen) atoms. The summed E-state index contributed by atoms with van der Waals surface area (Å²) in [5.41, 5.74) is 5.03. The van der Waals surface area contributed by atoms with E-state index in [1.807, 2.05) is 42.5 Å². The molecule has 0 aromatic heterocycles. The van der Waals surface area contributed by atoms with E-state index in [1.54, 1.807) is 6.21 Å². The highest BCUT2D eigenvalue weighted by atomic mass is 16.5. The Hall–Kier alpha value is -3.14. The zero-order valence-electron chi connectivity index (χ0n) is 19.1. The molecule has 4 heteroatoms. The summed E-state index contributed by atoms with van der Waals surface area (Å²) in [5, 5.41) is 6.34. The first-order valence-electron chi connectivity index (χ1n) is 10.7. The molecule has 0 spiro atoms. The van der Waals surface area contributed by atoms with E-state index in [0.717, 1.165) is 17.4 Å². The van der Waals surface area contributed by atoms with Crippen LogP contribution in [0.3, 0.4) is 0 Å². The SMILES string of the molecule is CC(C)(C)CC(C)(C)c1ccc(OCC(=O)NN=Cc2ccc3ccccc3c2)cc1. The van der Waals surface area contributed by atoms with E-state index in [4.69, 9.17) is 4.74 Å². The molecular weight excluding hydrogens is 384 g/mol. The highest BCUT2D eigenvalue weighted by molar-refractivity contribution is 5.90. The Kier molecular flexibility index (Phi) is 6.79. The Morgan fingerprint density at radius 1 is 0.935 bits per heavy atom. The zero-order valence-corrected chi connectivity index (χ0v) is 19.1. The van der Waals surface area contributed by atoms with E-state index in [-0.39, 0.29) is 23.3 Å².